The van der Waals surface area contributed by atoms with Crippen molar-refractivity contribution in [3.05, 3.63) is 29.8 Å². The van der Waals surface area contributed by atoms with Gasteiger partial charge in [-0.1, -0.05) is 12.1 Å². The van der Waals surface area contributed by atoms with Gasteiger partial charge in [0.2, 0.25) is 0 Å². The second-order valence-electron chi connectivity index (χ2n) is 4.60. The summed E-state index contributed by atoms with van der Waals surface area (Å²) in [7, 11) is 1.99. The molecule has 0 aromatic heterocycles. The molecular weight excluding hydrogens is 230 g/mol. The number of hydrogen-bond donors (Lipinski definition) is 1. The Labute approximate surface area is 108 Å². The monoisotopic (exact) mass is 251 g/mol. The third-order valence-electron chi connectivity index (χ3n) is 3.41. The Hall–Kier alpha value is -0.510. The maximum atomic E-state index is 5.59. The van der Waals surface area contributed by atoms with Crippen molar-refractivity contribution in [3.63, 3.8) is 0 Å². The summed E-state index contributed by atoms with van der Waals surface area (Å²) in [4.78, 5) is 1.35. The molecule has 1 aromatic rings. The number of hydrogen-bond acceptors (Lipinski definition) is 3. The second-order valence-corrected chi connectivity index (χ2v) is 5.91. The van der Waals surface area contributed by atoms with E-state index in [1.807, 2.05) is 18.8 Å². The van der Waals surface area contributed by atoms with Gasteiger partial charge in [-0.25, -0.2) is 0 Å². The molecule has 3 unspecified atom stereocenters. The van der Waals surface area contributed by atoms with Gasteiger partial charge < -0.3 is 10.1 Å². The van der Waals surface area contributed by atoms with Crippen LogP contribution in [0.3, 0.4) is 0 Å². The molecule has 17 heavy (non-hydrogen) atoms. The van der Waals surface area contributed by atoms with E-state index in [0.29, 0.717) is 17.4 Å². The van der Waals surface area contributed by atoms with Crippen LogP contribution < -0.4 is 5.32 Å². The Morgan fingerprint density at radius 2 is 2.06 bits per heavy atom. The molecule has 1 saturated heterocycles. The number of thioether (sulfide) groups is 1. The maximum absolute atomic E-state index is 5.59. The predicted octanol–water partition coefficient (Wildman–Crippen LogP) is 3.24. The number of ether oxygens (including phenoxy) is 1. The number of nitrogens with one attached hydrogen (secondary N) is 1. The molecule has 0 spiro atoms. The predicted molar refractivity (Wildman–Crippen MR) is 73.6 cm³/mol. The summed E-state index contributed by atoms with van der Waals surface area (Å²) in [6, 6.07) is 9.29. The molecule has 1 aliphatic rings. The van der Waals surface area contributed by atoms with Crippen molar-refractivity contribution < 1.29 is 4.74 Å². The van der Waals surface area contributed by atoms with Crippen LogP contribution in [0, 0.1) is 0 Å². The molecule has 1 fully saturated rings. The van der Waals surface area contributed by atoms with Crippen LogP contribution in [0.4, 0.5) is 0 Å². The minimum atomic E-state index is 0.385. The summed E-state index contributed by atoms with van der Waals surface area (Å²) >= 11 is 1.94. The molecule has 1 N–H and O–H groups in total. The Balaban J connectivity index is 1.98. The summed E-state index contributed by atoms with van der Waals surface area (Å²) in [5.41, 5.74) is 1.34. The molecule has 2 nitrogen and oxygen atoms in total. The Bertz CT molecular complexity index is 352. The summed E-state index contributed by atoms with van der Waals surface area (Å²) in [6.07, 6.45) is 1.55. The van der Waals surface area contributed by atoms with Gasteiger partial charge in [0.25, 0.3) is 0 Å². The molecule has 0 radical (unpaired) electrons. The van der Waals surface area contributed by atoms with Gasteiger partial charge in [-0.05, 0) is 45.0 Å². The van der Waals surface area contributed by atoms with E-state index >= 15 is 0 Å². The van der Waals surface area contributed by atoms with Crippen LogP contribution in [0.25, 0.3) is 0 Å². The Morgan fingerprint density at radius 1 is 1.35 bits per heavy atom. The molecule has 3 atom stereocenters. The fourth-order valence-corrected chi connectivity index (χ4v) is 3.17. The Morgan fingerprint density at radius 3 is 2.59 bits per heavy atom. The van der Waals surface area contributed by atoms with Crippen LogP contribution in [0.2, 0.25) is 0 Å². The highest BCUT2D eigenvalue weighted by Gasteiger charge is 2.24. The average molecular weight is 251 g/mol. The first-order valence-electron chi connectivity index (χ1n) is 6.26. The lowest BCUT2D eigenvalue weighted by molar-refractivity contribution is 0.127. The molecule has 1 heterocycles. The molecule has 1 aromatic carbocycles. The molecule has 0 saturated carbocycles. The zero-order valence-corrected chi connectivity index (χ0v) is 11.6. The topological polar surface area (TPSA) is 21.3 Å². The lowest BCUT2D eigenvalue weighted by atomic mass is 10.1. The van der Waals surface area contributed by atoms with E-state index < -0.39 is 0 Å². The fourth-order valence-electron chi connectivity index (χ4n) is 2.04. The highest BCUT2D eigenvalue weighted by atomic mass is 32.2. The summed E-state index contributed by atoms with van der Waals surface area (Å²) < 4.78 is 5.59. The van der Waals surface area contributed by atoms with Crippen LogP contribution in [-0.2, 0) is 4.74 Å². The van der Waals surface area contributed by atoms with Crippen LogP contribution in [-0.4, -0.2) is 25.0 Å². The van der Waals surface area contributed by atoms with E-state index in [4.69, 9.17) is 4.74 Å². The lowest BCUT2D eigenvalue weighted by Crippen LogP contribution is -2.13. The van der Waals surface area contributed by atoms with Crippen LogP contribution in [0.1, 0.15) is 31.9 Å². The van der Waals surface area contributed by atoms with Gasteiger partial charge in [-0.3, -0.25) is 0 Å². The first-order valence-corrected chi connectivity index (χ1v) is 7.14. The standard InChI is InChI=1S/C14H21NOS/c1-10(15-3)12-4-6-13(7-5-12)17-14-8-9-16-11(14)2/h4-7,10-11,14-15H,8-9H2,1-3H3. The molecule has 0 aliphatic carbocycles. The van der Waals surface area contributed by atoms with Crippen LogP contribution in [0.15, 0.2) is 29.2 Å². The third kappa shape index (κ3) is 3.24. The maximum Gasteiger partial charge on any atom is 0.0669 e. The number of benzene rings is 1. The second kappa shape index (κ2) is 5.89. The quantitative estimate of drug-likeness (QED) is 0.887. The van der Waals surface area contributed by atoms with Crippen molar-refractivity contribution >= 4 is 11.8 Å². The Kier molecular flexibility index (Phi) is 4.48. The zero-order valence-electron chi connectivity index (χ0n) is 10.8. The van der Waals surface area contributed by atoms with Crippen molar-refractivity contribution in [2.24, 2.45) is 0 Å². The largest absolute Gasteiger partial charge is 0.377 e. The van der Waals surface area contributed by atoms with Gasteiger partial charge in [0.1, 0.15) is 0 Å². The van der Waals surface area contributed by atoms with Gasteiger partial charge in [-0.15, -0.1) is 11.8 Å². The number of rotatable bonds is 4. The van der Waals surface area contributed by atoms with E-state index in [1.165, 1.54) is 16.9 Å². The van der Waals surface area contributed by atoms with Crippen molar-refractivity contribution in [1.29, 1.82) is 0 Å². The normalized spacial score (nSPS) is 26.1. The van der Waals surface area contributed by atoms with Crippen molar-refractivity contribution in [2.45, 2.75) is 42.6 Å². The van der Waals surface area contributed by atoms with E-state index in [1.54, 1.807) is 0 Å². The highest BCUT2D eigenvalue weighted by Crippen LogP contribution is 2.32. The van der Waals surface area contributed by atoms with Crippen molar-refractivity contribution in [3.8, 4) is 0 Å². The summed E-state index contributed by atoms with van der Waals surface area (Å²) in [5.74, 6) is 0. The molecule has 3 heteroatoms. The molecule has 0 amide bonds. The molecule has 2 rings (SSSR count). The zero-order chi connectivity index (χ0) is 12.3. The van der Waals surface area contributed by atoms with Crippen molar-refractivity contribution in [2.75, 3.05) is 13.7 Å². The van der Waals surface area contributed by atoms with E-state index in [-0.39, 0.29) is 0 Å². The van der Waals surface area contributed by atoms with Gasteiger partial charge in [0.15, 0.2) is 0 Å². The lowest BCUT2D eigenvalue weighted by Gasteiger charge is -2.15. The molecule has 0 bridgehead atoms. The highest BCUT2D eigenvalue weighted by molar-refractivity contribution is 8.00. The van der Waals surface area contributed by atoms with Gasteiger partial charge >= 0.3 is 0 Å². The molecular formula is C14H21NOS. The smallest absolute Gasteiger partial charge is 0.0669 e. The van der Waals surface area contributed by atoms with E-state index in [0.717, 1.165) is 6.61 Å². The fraction of sp³-hybridized carbons (Fsp3) is 0.571. The van der Waals surface area contributed by atoms with E-state index in [9.17, 15) is 0 Å². The summed E-state index contributed by atoms with van der Waals surface area (Å²) in [6.45, 7) is 5.25. The minimum Gasteiger partial charge on any atom is -0.377 e. The summed E-state index contributed by atoms with van der Waals surface area (Å²) in [5, 5.41) is 3.87. The van der Waals surface area contributed by atoms with Crippen LogP contribution in [0.5, 0.6) is 0 Å². The SMILES string of the molecule is CNC(C)c1ccc(SC2CCOC2C)cc1. The van der Waals surface area contributed by atoms with E-state index in [2.05, 4.69) is 43.4 Å². The van der Waals surface area contributed by atoms with Gasteiger partial charge in [0, 0.05) is 22.8 Å². The molecule has 1 aliphatic heterocycles. The van der Waals surface area contributed by atoms with Crippen molar-refractivity contribution in [1.82, 2.24) is 5.32 Å². The first-order chi connectivity index (χ1) is 8.20. The first kappa shape index (κ1) is 12.9. The van der Waals surface area contributed by atoms with Crippen LogP contribution >= 0.6 is 11.8 Å². The minimum absolute atomic E-state index is 0.385. The van der Waals surface area contributed by atoms with Gasteiger partial charge in [0.05, 0.1) is 6.10 Å². The molecule has 94 valence electrons. The average Bonchev–Trinajstić information content (AvgIpc) is 2.75. The third-order valence-corrected chi connectivity index (χ3v) is 4.87. The van der Waals surface area contributed by atoms with Gasteiger partial charge in [-0.2, -0.15) is 0 Å².